The molecule has 2 aliphatic carbocycles. The average Bonchev–Trinajstić information content (AvgIpc) is 2.84. The Balaban J connectivity index is 1.48. The lowest BCUT2D eigenvalue weighted by Gasteiger charge is -2.37. The Morgan fingerprint density at radius 2 is 1.49 bits per heavy atom. The molecule has 1 amide bonds. The maximum atomic E-state index is 13.1. The molecule has 0 bridgehead atoms. The number of Topliss-reactive ketones (excluding diaryl/α,β-unsaturated/α-hetero) is 2. The predicted molar refractivity (Wildman–Crippen MR) is 135 cm³/mol. The van der Waals surface area contributed by atoms with E-state index in [-0.39, 0.29) is 24.1 Å². The van der Waals surface area contributed by atoms with Crippen LogP contribution in [0.4, 0.5) is 5.69 Å². The van der Waals surface area contributed by atoms with Gasteiger partial charge in [0.15, 0.2) is 18.2 Å². The van der Waals surface area contributed by atoms with Gasteiger partial charge >= 0.3 is 0 Å². The maximum absolute atomic E-state index is 13.1. The molecule has 0 atom stereocenters. The highest BCUT2D eigenvalue weighted by atomic mass is 35.5. The number of hydrogen-bond donors (Lipinski definition) is 2. The van der Waals surface area contributed by atoms with Crippen molar-refractivity contribution in [3.8, 4) is 5.75 Å². The number of ketones is 2. The van der Waals surface area contributed by atoms with Crippen LogP contribution in [-0.2, 0) is 14.4 Å². The largest absolute Gasteiger partial charge is 0.483 e. The number of ether oxygens (including phenoxy) is 1. The third-order valence-corrected chi connectivity index (χ3v) is 7.05. The summed E-state index contributed by atoms with van der Waals surface area (Å²) in [7, 11) is 0. The van der Waals surface area contributed by atoms with Crippen molar-refractivity contribution in [3.05, 3.63) is 80.6 Å². The van der Waals surface area contributed by atoms with Crippen molar-refractivity contribution in [1.29, 1.82) is 0 Å². The van der Waals surface area contributed by atoms with Gasteiger partial charge in [0.1, 0.15) is 5.75 Å². The van der Waals surface area contributed by atoms with Crippen LogP contribution in [0.3, 0.4) is 0 Å². The quantitative estimate of drug-likeness (QED) is 0.537. The monoisotopic (exact) mass is 510 g/mol. The van der Waals surface area contributed by atoms with Gasteiger partial charge in [0.2, 0.25) is 0 Å². The number of carbonyl (C=O) groups excluding carboxylic acids is 3. The second-order valence-electron chi connectivity index (χ2n) is 8.92. The molecule has 2 N–H and O–H groups in total. The van der Waals surface area contributed by atoms with Crippen molar-refractivity contribution in [1.82, 2.24) is 5.32 Å². The fourth-order valence-electron chi connectivity index (χ4n) is 5.04. The molecule has 0 radical (unpaired) electrons. The normalized spacial score (nSPS) is 18.1. The van der Waals surface area contributed by atoms with E-state index >= 15 is 0 Å². The van der Waals surface area contributed by atoms with Gasteiger partial charge in [0.05, 0.1) is 0 Å². The zero-order valence-corrected chi connectivity index (χ0v) is 20.5. The van der Waals surface area contributed by atoms with E-state index in [1.807, 2.05) is 0 Å². The van der Waals surface area contributed by atoms with Gasteiger partial charge in [-0.05, 0) is 68.1 Å². The smallest absolute Gasteiger partial charge is 0.262 e. The molecule has 8 heteroatoms. The van der Waals surface area contributed by atoms with Crippen molar-refractivity contribution in [2.75, 3.05) is 11.9 Å². The minimum Gasteiger partial charge on any atom is -0.483 e. The van der Waals surface area contributed by atoms with Gasteiger partial charge in [-0.25, -0.2) is 0 Å². The number of hydrogen-bond acceptors (Lipinski definition) is 5. The molecule has 180 valence electrons. The third-order valence-electron chi connectivity index (χ3n) is 6.56. The number of rotatable bonds is 5. The van der Waals surface area contributed by atoms with Crippen LogP contribution < -0.4 is 15.4 Å². The Labute approximate surface area is 213 Å². The first-order valence-corrected chi connectivity index (χ1v) is 12.4. The van der Waals surface area contributed by atoms with Gasteiger partial charge in [-0.1, -0.05) is 23.2 Å². The summed E-state index contributed by atoms with van der Waals surface area (Å²) < 4.78 is 5.95. The van der Waals surface area contributed by atoms with E-state index in [2.05, 4.69) is 10.6 Å². The zero-order chi connectivity index (χ0) is 24.5. The summed E-state index contributed by atoms with van der Waals surface area (Å²) in [5.41, 5.74) is 4.22. The number of halogens is 2. The van der Waals surface area contributed by atoms with E-state index in [0.717, 1.165) is 37.1 Å². The van der Waals surface area contributed by atoms with Crippen LogP contribution in [0.1, 0.15) is 50.0 Å². The molecule has 2 aromatic carbocycles. The molecule has 35 heavy (non-hydrogen) atoms. The van der Waals surface area contributed by atoms with E-state index < -0.39 is 5.92 Å². The van der Waals surface area contributed by atoms with Crippen molar-refractivity contribution < 1.29 is 19.1 Å². The molecule has 6 nitrogen and oxygen atoms in total. The highest BCUT2D eigenvalue weighted by molar-refractivity contribution is 6.31. The first-order valence-electron chi connectivity index (χ1n) is 11.7. The molecule has 0 fully saturated rings. The minimum absolute atomic E-state index is 0.0279. The summed E-state index contributed by atoms with van der Waals surface area (Å²) >= 11 is 12.3. The maximum Gasteiger partial charge on any atom is 0.262 e. The topological polar surface area (TPSA) is 84.5 Å². The van der Waals surface area contributed by atoms with Gasteiger partial charge in [-0.2, -0.15) is 0 Å². The van der Waals surface area contributed by atoms with E-state index in [0.29, 0.717) is 51.0 Å². The van der Waals surface area contributed by atoms with Crippen LogP contribution in [0.25, 0.3) is 0 Å². The lowest BCUT2D eigenvalue weighted by molar-refractivity contribution is -0.119. The Morgan fingerprint density at radius 3 is 2.11 bits per heavy atom. The molecule has 0 saturated carbocycles. The molecule has 5 rings (SSSR count). The Kier molecular flexibility index (Phi) is 6.67. The molecule has 3 aliphatic rings. The summed E-state index contributed by atoms with van der Waals surface area (Å²) in [6.45, 7) is -0.248. The summed E-state index contributed by atoms with van der Waals surface area (Å²) in [6, 6.07) is 11.9. The van der Waals surface area contributed by atoms with Crippen LogP contribution in [0.15, 0.2) is 65.0 Å². The summed E-state index contributed by atoms with van der Waals surface area (Å²) in [4.78, 5) is 38.8. The highest BCUT2D eigenvalue weighted by Gasteiger charge is 2.41. The number of anilines is 1. The zero-order valence-electron chi connectivity index (χ0n) is 19.0. The molecule has 1 heterocycles. The van der Waals surface area contributed by atoms with Crippen molar-refractivity contribution in [2.45, 2.75) is 44.4 Å². The summed E-state index contributed by atoms with van der Waals surface area (Å²) in [5.74, 6) is -0.432. The SMILES string of the molecule is O=C(COc1ccc(Cl)cc1C1C2=C(CCCC2=O)NC2=C1C(=O)CCC2)Nc1ccc(Cl)cc1. The Bertz CT molecular complexity index is 1240. The number of benzene rings is 2. The second kappa shape index (κ2) is 9.88. The molecular formula is C27H24Cl2N2O4. The molecule has 1 aliphatic heterocycles. The van der Waals surface area contributed by atoms with Crippen LogP contribution in [0.5, 0.6) is 5.75 Å². The first kappa shape index (κ1) is 23.6. The third kappa shape index (κ3) is 4.86. The molecule has 0 saturated heterocycles. The van der Waals surface area contributed by atoms with Crippen molar-refractivity contribution in [2.24, 2.45) is 0 Å². The summed E-state index contributed by atoms with van der Waals surface area (Å²) in [6.07, 6.45) is 3.93. The van der Waals surface area contributed by atoms with Crippen molar-refractivity contribution in [3.63, 3.8) is 0 Å². The lowest BCUT2D eigenvalue weighted by atomic mass is 9.71. The minimum atomic E-state index is -0.560. The van der Waals surface area contributed by atoms with Gasteiger partial charge in [0, 0.05) is 62.6 Å². The second-order valence-corrected chi connectivity index (χ2v) is 9.79. The fraction of sp³-hybridized carbons (Fsp3) is 0.296. The summed E-state index contributed by atoms with van der Waals surface area (Å²) in [5, 5.41) is 7.21. The molecule has 0 unspecified atom stereocenters. The first-order chi connectivity index (χ1) is 16.9. The molecule has 0 spiro atoms. The number of nitrogens with one attached hydrogen (secondary N) is 2. The van der Waals surface area contributed by atoms with Crippen LogP contribution in [0, 0.1) is 0 Å². The van der Waals surface area contributed by atoms with E-state index in [1.54, 1.807) is 42.5 Å². The van der Waals surface area contributed by atoms with Crippen molar-refractivity contribution >= 4 is 46.4 Å². The van der Waals surface area contributed by atoms with Gasteiger partial charge in [0.25, 0.3) is 5.91 Å². The Morgan fingerprint density at radius 1 is 0.886 bits per heavy atom. The number of amides is 1. The number of carbonyl (C=O) groups is 3. The van der Waals surface area contributed by atoms with E-state index in [4.69, 9.17) is 27.9 Å². The van der Waals surface area contributed by atoms with Gasteiger partial charge < -0.3 is 15.4 Å². The lowest BCUT2D eigenvalue weighted by Crippen LogP contribution is -2.36. The number of dihydropyridines is 1. The van der Waals surface area contributed by atoms with Gasteiger partial charge in [-0.3, -0.25) is 14.4 Å². The van der Waals surface area contributed by atoms with Crippen LogP contribution in [-0.4, -0.2) is 24.1 Å². The Hall–Kier alpha value is -3.09. The highest BCUT2D eigenvalue weighted by Crippen LogP contribution is 2.48. The standard InChI is InChI=1S/C27H24Cl2N2O4/c28-15-7-10-17(11-8-15)30-24(34)14-35-23-12-9-16(29)13-18(23)25-26-19(3-1-5-21(26)32)31-20-4-2-6-22(33)27(20)25/h7-13,25,31H,1-6,14H2,(H,30,34). The van der Waals surface area contributed by atoms with Gasteiger partial charge in [-0.15, -0.1) is 0 Å². The van der Waals surface area contributed by atoms with E-state index in [1.165, 1.54) is 0 Å². The number of allylic oxidation sites excluding steroid dienone is 4. The van der Waals surface area contributed by atoms with Crippen LogP contribution in [0.2, 0.25) is 10.0 Å². The fourth-order valence-corrected chi connectivity index (χ4v) is 5.35. The van der Waals surface area contributed by atoms with Crippen LogP contribution >= 0.6 is 23.2 Å². The van der Waals surface area contributed by atoms with E-state index in [9.17, 15) is 14.4 Å². The predicted octanol–water partition coefficient (Wildman–Crippen LogP) is 5.71. The molecular weight excluding hydrogens is 487 g/mol. The average molecular weight is 511 g/mol. The molecule has 0 aromatic heterocycles. The molecule has 2 aromatic rings.